The molecule has 130 valence electrons. The molecule has 2 aromatic rings. The molecule has 5 nitrogen and oxygen atoms in total. The summed E-state index contributed by atoms with van der Waals surface area (Å²) in [7, 11) is 0. The van der Waals surface area contributed by atoms with Crippen molar-refractivity contribution in [3.05, 3.63) is 71.8 Å². The highest BCUT2D eigenvalue weighted by molar-refractivity contribution is 8.14. The fourth-order valence-electron chi connectivity index (χ4n) is 2.08. The van der Waals surface area contributed by atoms with Gasteiger partial charge in [0.1, 0.15) is 0 Å². The summed E-state index contributed by atoms with van der Waals surface area (Å²) in [6.45, 7) is 1.49. The fraction of sp³-hybridized carbons (Fsp3) is 0.211. The molecule has 1 unspecified atom stereocenters. The zero-order valence-corrected chi connectivity index (χ0v) is 14.6. The molecule has 1 atom stereocenters. The minimum atomic E-state index is -0.600. The van der Waals surface area contributed by atoms with Crippen molar-refractivity contribution in [3.63, 3.8) is 0 Å². The first-order valence-corrected chi connectivity index (χ1v) is 8.77. The van der Waals surface area contributed by atoms with Crippen LogP contribution in [0.25, 0.3) is 0 Å². The van der Waals surface area contributed by atoms with Crippen molar-refractivity contribution in [1.82, 2.24) is 5.32 Å². The predicted octanol–water partition coefficient (Wildman–Crippen LogP) is 2.98. The van der Waals surface area contributed by atoms with Crippen molar-refractivity contribution in [2.24, 2.45) is 0 Å². The van der Waals surface area contributed by atoms with Crippen LogP contribution in [0.3, 0.4) is 0 Å². The van der Waals surface area contributed by atoms with Crippen molar-refractivity contribution >= 4 is 28.8 Å². The maximum Gasteiger partial charge on any atom is 0.316 e. The highest BCUT2D eigenvalue weighted by Crippen LogP contribution is 2.13. The van der Waals surface area contributed by atoms with Gasteiger partial charge in [-0.25, -0.2) is 0 Å². The summed E-state index contributed by atoms with van der Waals surface area (Å²) in [5.41, 5.74) is 1.49. The third-order valence-electron chi connectivity index (χ3n) is 3.37. The number of amides is 1. The number of hydrogen-bond acceptors (Lipinski definition) is 5. The number of ether oxygens (including phenoxy) is 1. The van der Waals surface area contributed by atoms with E-state index in [0.717, 1.165) is 17.3 Å². The Morgan fingerprint density at radius 2 is 1.60 bits per heavy atom. The number of nitrogens with one attached hydrogen (secondary N) is 1. The lowest BCUT2D eigenvalue weighted by Gasteiger charge is -2.14. The van der Waals surface area contributed by atoms with Crippen LogP contribution in [0.15, 0.2) is 60.7 Å². The van der Waals surface area contributed by atoms with E-state index in [-0.39, 0.29) is 29.4 Å². The lowest BCUT2D eigenvalue weighted by molar-refractivity contribution is -0.146. The number of carbonyl (C=O) groups is 3. The Labute approximate surface area is 150 Å². The summed E-state index contributed by atoms with van der Waals surface area (Å²) in [6, 6.07) is 18.0. The molecular formula is C19H19NO4S. The van der Waals surface area contributed by atoms with Crippen LogP contribution in [0.4, 0.5) is 0 Å². The molecule has 1 amide bonds. The van der Waals surface area contributed by atoms with Gasteiger partial charge >= 0.3 is 5.97 Å². The molecular weight excluding hydrogens is 338 g/mol. The summed E-state index contributed by atoms with van der Waals surface area (Å²) < 4.78 is 4.90. The second-order valence-electron chi connectivity index (χ2n) is 5.30. The van der Waals surface area contributed by atoms with E-state index in [0.29, 0.717) is 5.56 Å². The molecule has 1 N–H and O–H groups in total. The van der Waals surface area contributed by atoms with E-state index >= 15 is 0 Å². The average Bonchev–Trinajstić information content (AvgIpc) is 2.65. The molecule has 25 heavy (non-hydrogen) atoms. The van der Waals surface area contributed by atoms with Crippen LogP contribution in [0.5, 0.6) is 0 Å². The van der Waals surface area contributed by atoms with E-state index in [4.69, 9.17) is 4.74 Å². The zero-order valence-electron chi connectivity index (χ0n) is 13.8. The van der Waals surface area contributed by atoms with Gasteiger partial charge in [0.05, 0.1) is 11.8 Å². The first-order valence-electron chi connectivity index (χ1n) is 7.78. The highest BCUT2D eigenvalue weighted by Gasteiger charge is 2.14. The normalized spacial score (nSPS) is 11.4. The topological polar surface area (TPSA) is 72.5 Å². The average molecular weight is 357 g/mol. The molecule has 2 aromatic carbocycles. The highest BCUT2D eigenvalue weighted by atomic mass is 32.2. The van der Waals surface area contributed by atoms with Crippen LogP contribution >= 0.6 is 11.8 Å². The molecule has 0 radical (unpaired) electrons. The lowest BCUT2D eigenvalue weighted by Crippen LogP contribution is -2.31. The minimum Gasteiger partial charge on any atom is -0.455 e. The fourth-order valence-corrected chi connectivity index (χ4v) is 2.71. The molecule has 0 aliphatic heterocycles. The van der Waals surface area contributed by atoms with Crippen LogP contribution in [-0.2, 0) is 14.3 Å². The molecule has 0 fully saturated rings. The van der Waals surface area contributed by atoms with Gasteiger partial charge in [0, 0.05) is 5.56 Å². The van der Waals surface area contributed by atoms with Crippen LogP contribution in [0, 0.1) is 0 Å². The van der Waals surface area contributed by atoms with Gasteiger partial charge in [-0.1, -0.05) is 72.4 Å². The van der Waals surface area contributed by atoms with E-state index in [2.05, 4.69) is 5.32 Å². The zero-order chi connectivity index (χ0) is 18.1. The third-order valence-corrected chi connectivity index (χ3v) is 4.25. The standard InChI is InChI=1S/C19H19NO4S/c1-14(15-8-4-2-5-9-15)20-17(21)12-24-18(22)13-25-19(23)16-10-6-3-7-11-16/h2-11,14H,12-13H2,1H3,(H,20,21). The van der Waals surface area contributed by atoms with Crippen LogP contribution < -0.4 is 5.32 Å². The number of thioether (sulfide) groups is 1. The quantitative estimate of drug-likeness (QED) is 0.771. The van der Waals surface area contributed by atoms with Crippen molar-refractivity contribution in [1.29, 1.82) is 0 Å². The molecule has 6 heteroatoms. The van der Waals surface area contributed by atoms with Gasteiger partial charge in [-0.15, -0.1) is 0 Å². The van der Waals surface area contributed by atoms with Gasteiger partial charge in [0.2, 0.25) is 5.12 Å². The summed E-state index contributed by atoms with van der Waals surface area (Å²) in [5.74, 6) is -1.12. The van der Waals surface area contributed by atoms with Crippen LogP contribution in [0.1, 0.15) is 28.9 Å². The van der Waals surface area contributed by atoms with Crippen LogP contribution in [0.2, 0.25) is 0 Å². The lowest BCUT2D eigenvalue weighted by atomic mass is 10.1. The molecule has 0 aliphatic rings. The first-order chi connectivity index (χ1) is 12.1. The Morgan fingerprint density at radius 3 is 2.24 bits per heavy atom. The number of esters is 1. The summed E-state index contributed by atoms with van der Waals surface area (Å²) in [4.78, 5) is 35.4. The predicted molar refractivity (Wildman–Crippen MR) is 97.2 cm³/mol. The summed E-state index contributed by atoms with van der Waals surface area (Å²) in [5, 5.41) is 2.54. The third kappa shape index (κ3) is 6.43. The molecule has 0 bridgehead atoms. The Hall–Kier alpha value is -2.60. The SMILES string of the molecule is CC(NC(=O)COC(=O)CSC(=O)c1ccccc1)c1ccccc1. The number of carbonyl (C=O) groups excluding carboxylic acids is 3. The van der Waals surface area contributed by atoms with Gasteiger partial charge in [0.25, 0.3) is 5.91 Å². The summed E-state index contributed by atoms with van der Waals surface area (Å²) >= 11 is 0.855. The molecule has 0 spiro atoms. The molecule has 0 saturated carbocycles. The maximum atomic E-state index is 11.9. The van der Waals surface area contributed by atoms with Crippen molar-refractivity contribution in [2.45, 2.75) is 13.0 Å². The van der Waals surface area contributed by atoms with Gasteiger partial charge in [0.15, 0.2) is 6.61 Å². The maximum absolute atomic E-state index is 11.9. The van der Waals surface area contributed by atoms with Crippen molar-refractivity contribution in [2.75, 3.05) is 12.4 Å². The van der Waals surface area contributed by atoms with Crippen LogP contribution in [-0.4, -0.2) is 29.4 Å². The van der Waals surface area contributed by atoms with Crippen molar-refractivity contribution in [3.8, 4) is 0 Å². The van der Waals surface area contributed by atoms with Gasteiger partial charge < -0.3 is 10.1 Å². The minimum absolute atomic E-state index is 0.130. The Kier molecular flexibility index (Phi) is 7.22. The monoisotopic (exact) mass is 357 g/mol. The van der Waals surface area contributed by atoms with E-state index in [1.54, 1.807) is 24.3 Å². The van der Waals surface area contributed by atoms with E-state index in [9.17, 15) is 14.4 Å². The number of hydrogen-bond donors (Lipinski definition) is 1. The second-order valence-corrected chi connectivity index (χ2v) is 6.25. The number of benzene rings is 2. The Bertz CT molecular complexity index is 719. The molecule has 0 saturated heterocycles. The Balaban J connectivity index is 1.69. The largest absolute Gasteiger partial charge is 0.455 e. The molecule has 0 aliphatic carbocycles. The van der Waals surface area contributed by atoms with Gasteiger partial charge in [-0.3, -0.25) is 14.4 Å². The van der Waals surface area contributed by atoms with Gasteiger partial charge in [-0.05, 0) is 12.5 Å². The van der Waals surface area contributed by atoms with E-state index in [1.165, 1.54) is 0 Å². The van der Waals surface area contributed by atoms with Gasteiger partial charge in [-0.2, -0.15) is 0 Å². The molecule has 0 heterocycles. The molecule has 0 aromatic heterocycles. The summed E-state index contributed by atoms with van der Waals surface area (Å²) in [6.07, 6.45) is 0. The van der Waals surface area contributed by atoms with E-state index < -0.39 is 5.97 Å². The Morgan fingerprint density at radius 1 is 1.00 bits per heavy atom. The van der Waals surface area contributed by atoms with Crippen molar-refractivity contribution < 1.29 is 19.1 Å². The number of rotatable bonds is 7. The smallest absolute Gasteiger partial charge is 0.316 e. The van der Waals surface area contributed by atoms with E-state index in [1.807, 2.05) is 43.3 Å². The molecule has 2 rings (SSSR count). The first kappa shape index (κ1) is 18.7. The second kappa shape index (κ2) is 9.64.